The number of nitrogens with zero attached hydrogens (tertiary/aromatic N) is 2. The number of quaternary nitrogens is 1. The standard InChI is InChI=1S/C20H22BrN3O4S/c21-17-2-1-3-20(12-17)29(26,27)24-10-8-23(9-11-24)14-18(25)15-28-19-6-4-16(13-22)5-7-19/h1-7,12,18,25H,8-11,14-15H2/p+1/t18-/m0/s1. The van der Waals surface area contributed by atoms with E-state index in [9.17, 15) is 13.5 Å². The average molecular weight is 481 g/mol. The van der Waals surface area contributed by atoms with Crippen molar-refractivity contribution >= 4 is 26.0 Å². The fraction of sp³-hybridized carbons (Fsp3) is 0.350. The van der Waals surface area contributed by atoms with Gasteiger partial charge in [-0.15, -0.1) is 0 Å². The van der Waals surface area contributed by atoms with Gasteiger partial charge in [-0.2, -0.15) is 9.57 Å². The Kier molecular flexibility index (Phi) is 7.27. The van der Waals surface area contributed by atoms with Gasteiger partial charge in [-0.05, 0) is 42.5 Å². The van der Waals surface area contributed by atoms with Crippen LogP contribution in [0.4, 0.5) is 0 Å². The Hall–Kier alpha value is -1.96. The Balaban J connectivity index is 1.47. The zero-order valence-electron chi connectivity index (χ0n) is 15.8. The normalized spacial score (nSPS) is 16.9. The summed E-state index contributed by atoms with van der Waals surface area (Å²) in [6, 6.07) is 15.5. The van der Waals surface area contributed by atoms with Crippen LogP contribution in [0, 0.1) is 11.3 Å². The maximum absolute atomic E-state index is 12.8. The molecule has 2 aromatic rings. The molecule has 0 amide bonds. The number of nitrogens with one attached hydrogen (secondary N) is 1. The SMILES string of the molecule is N#Cc1ccc(OC[C@@H](O)C[NH+]2CCN(S(=O)(=O)c3cccc(Br)c3)CC2)cc1. The molecule has 9 heteroatoms. The number of nitriles is 1. The maximum Gasteiger partial charge on any atom is 0.243 e. The van der Waals surface area contributed by atoms with E-state index in [1.165, 1.54) is 4.31 Å². The topological polar surface area (TPSA) is 95.1 Å². The van der Waals surface area contributed by atoms with Crippen LogP contribution in [0.2, 0.25) is 0 Å². The van der Waals surface area contributed by atoms with E-state index in [4.69, 9.17) is 10.00 Å². The van der Waals surface area contributed by atoms with E-state index < -0.39 is 16.1 Å². The predicted octanol–water partition coefficient (Wildman–Crippen LogP) is 0.650. The molecule has 29 heavy (non-hydrogen) atoms. The van der Waals surface area contributed by atoms with E-state index in [-0.39, 0.29) is 11.5 Å². The number of halogens is 1. The van der Waals surface area contributed by atoms with Crippen molar-refractivity contribution < 1.29 is 23.2 Å². The molecule has 0 saturated carbocycles. The predicted molar refractivity (Wildman–Crippen MR) is 111 cm³/mol. The second kappa shape index (κ2) is 9.69. The Bertz CT molecular complexity index is 968. The second-order valence-corrected chi connectivity index (χ2v) is 9.77. The highest BCUT2D eigenvalue weighted by Crippen LogP contribution is 2.20. The fourth-order valence-corrected chi connectivity index (χ4v) is 5.27. The Morgan fingerprint density at radius 2 is 1.90 bits per heavy atom. The first-order chi connectivity index (χ1) is 13.9. The van der Waals surface area contributed by atoms with Crippen LogP contribution >= 0.6 is 15.9 Å². The number of hydrogen-bond acceptors (Lipinski definition) is 5. The van der Waals surface area contributed by atoms with Crippen LogP contribution in [-0.2, 0) is 10.0 Å². The summed E-state index contributed by atoms with van der Waals surface area (Å²) >= 11 is 3.31. The van der Waals surface area contributed by atoms with E-state index in [1.54, 1.807) is 48.5 Å². The zero-order chi connectivity index (χ0) is 20.9. The van der Waals surface area contributed by atoms with Crippen LogP contribution in [0.25, 0.3) is 0 Å². The van der Waals surface area contributed by atoms with Crippen LogP contribution in [0.15, 0.2) is 57.9 Å². The molecule has 1 saturated heterocycles. The van der Waals surface area contributed by atoms with Crippen LogP contribution in [-0.4, -0.2) is 63.3 Å². The number of aliphatic hydroxyl groups excluding tert-OH is 1. The molecule has 0 aliphatic carbocycles. The Morgan fingerprint density at radius 3 is 2.52 bits per heavy atom. The molecule has 1 atom stereocenters. The van der Waals surface area contributed by atoms with Gasteiger partial charge in [-0.25, -0.2) is 8.42 Å². The number of piperazine rings is 1. The molecule has 0 aromatic heterocycles. The molecule has 0 spiro atoms. The molecule has 3 rings (SSSR count). The highest BCUT2D eigenvalue weighted by molar-refractivity contribution is 9.10. The lowest BCUT2D eigenvalue weighted by atomic mass is 10.2. The van der Waals surface area contributed by atoms with Crippen molar-refractivity contribution in [3.05, 3.63) is 58.6 Å². The lowest BCUT2D eigenvalue weighted by Gasteiger charge is -2.32. The quantitative estimate of drug-likeness (QED) is 0.606. The minimum absolute atomic E-state index is 0.148. The Morgan fingerprint density at radius 1 is 1.21 bits per heavy atom. The molecule has 2 aromatic carbocycles. The largest absolute Gasteiger partial charge is 0.491 e. The number of benzene rings is 2. The van der Waals surface area contributed by atoms with Gasteiger partial charge in [0.25, 0.3) is 0 Å². The first-order valence-corrected chi connectivity index (χ1v) is 11.5. The number of ether oxygens (including phenoxy) is 1. The van der Waals surface area contributed by atoms with Crippen molar-refractivity contribution in [3.8, 4) is 11.8 Å². The zero-order valence-corrected chi connectivity index (χ0v) is 18.2. The maximum atomic E-state index is 12.8. The highest BCUT2D eigenvalue weighted by Gasteiger charge is 2.31. The minimum atomic E-state index is -3.51. The molecule has 1 fully saturated rings. The smallest absolute Gasteiger partial charge is 0.243 e. The van der Waals surface area contributed by atoms with E-state index in [0.717, 1.165) is 9.37 Å². The first-order valence-electron chi connectivity index (χ1n) is 9.29. The number of rotatable bonds is 7. The third kappa shape index (κ3) is 5.78. The van der Waals surface area contributed by atoms with Crippen molar-refractivity contribution in [1.29, 1.82) is 5.26 Å². The molecular formula is C20H23BrN3O4S+. The summed E-state index contributed by atoms with van der Waals surface area (Å²) in [4.78, 5) is 1.42. The van der Waals surface area contributed by atoms with Crippen molar-refractivity contribution in [3.63, 3.8) is 0 Å². The molecule has 1 aliphatic rings. The van der Waals surface area contributed by atoms with Crippen molar-refractivity contribution in [1.82, 2.24) is 4.31 Å². The van der Waals surface area contributed by atoms with Gasteiger partial charge in [0, 0.05) is 4.47 Å². The van der Waals surface area contributed by atoms with Crippen LogP contribution in [0.5, 0.6) is 5.75 Å². The van der Waals surface area contributed by atoms with E-state index in [1.807, 2.05) is 6.07 Å². The van der Waals surface area contributed by atoms with Crippen LogP contribution in [0.1, 0.15) is 5.56 Å². The summed E-state index contributed by atoms with van der Waals surface area (Å²) in [7, 11) is -3.51. The van der Waals surface area contributed by atoms with Gasteiger partial charge in [0.1, 0.15) is 25.0 Å². The van der Waals surface area contributed by atoms with Crippen molar-refractivity contribution in [2.75, 3.05) is 39.3 Å². The molecule has 1 heterocycles. The summed E-state index contributed by atoms with van der Waals surface area (Å²) in [6.45, 7) is 2.71. The minimum Gasteiger partial charge on any atom is -0.491 e. The van der Waals surface area contributed by atoms with E-state index >= 15 is 0 Å². The van der Waals surface area contributed by atoms with Gasteiger partial charge < -0.3 is 14.7 Å². The van der Waals surface area contributed by atoms with Gasteiger partial charge in [0.15, 0.2) is 0 Å². The van der Waals surface area contributed by atoms with Gasteiger partial charge in [0.2, 0.25) is 10.0 Å². The summed E-state index contributed by atoms with van der Waals surface area (Å²) < 4.78 is 33.4. The summed E-state index contributed by atoms with van der Waals surface area (Å²) in [5, 5.41) is 19.1. The lowest BCUT2D eigenvalue weighted by molar-refractivity contribution is -0.906. The molecule has 7 nitrogen and oxygen atoms in total. The van der Waals surface area contributed by atoms with E-state index in [2.05, 4.69) is 15.9 Å². The molecule has 1 aliphatic heterocycles. The highest BCUT2D eigenvalue weighted by atomic mass is 79.9. The third-order valence-corrected chi connectivity index (χ3v) is 7.20. The van der Waals surface area contributed by atoms with Crippen molar-refractivity contribution in [2.24, 2.45) is 0 Å². The number of hydrogen-bond donors (Lipinski definition) is 2. The lowest BCUT2D eigenvalue weighted by Crippen LogP contribution is -3.15. The molecule has 154 valence electrons. The van der Waals surface area contributed by atoms with Gasteiger partial charge in [0.05, 0.1) is 42.7 Å². The molecular weight excluding hydrogens is 458 g/mol. The third-order valence-electron chi connectivity index (χ3n) is 4.81. The summed E-state index contributed by atoms with van der Waals surface area (Å²) in [5.74, 6) is 0.600. The summed E-state index contributed by atoms with van der Waals surface area (Å²) in [5.41, 5.74) is 0.554. The van der Waals surface area contributed by atoms with Crippen LogP contribution < -0.4 is 9.64 Å². The first kappa shape index (κ1) is 21.7. The van der Waals surface area contributed by atoms with Gasteiger partial charge in [-0.1, -0.05) is 22.0 Å². The average Bonchev–Trinajstić information content (AvgIpc) is 2.73. The second-order valence-electron chi connectivity index (χ2n) is 6.92. The fourth-order valence-electron chi connectivity index (χ4n) is 3.23. The number of aliphatic hydroxyl groups is 1. The Labute approximate surface area is 179 Å². The molecule has 0 unspecified atom stereocenters. The molecule has 2 N–H and O–H groups in total. The monoisotopic (exact) mass is 480 g/mol. The van der Waals surface area contributed by atoms with Gasteiger partial charge in [-0.3, -0.25) is 0 Å². The van der Waals surface area contributed by atoms with E-state index in [0.29, 0.717) is 44.0 Å². The summed E-state index contributed by atoms with van der Waals surface area (Å²) in [6.07, 6.45) is -0.658. The van der Waals surface area contributed by atoms with Gasteiger partial charge >= 0.3 is 0 Å². The molecule has 0 bridgehead atoms. The van der Waals surface area contributed by atoms with Crippen LogP contribution in [0.3, 0.4) is 0 Å². The van der Waals surface area contributed by atoms with Crippen molar-refractivity contribution in [2.45, 2.75) is 11.0 Å². The molecule has 0 radical (unpaired) electrons. The number of sulfonamides is 1.